The van der Waals surface area contributed by atoms with E-state index < -0.39 is 5.91 Å². The van der Waals surface area contributed by atoms with Gasteiger partial charge in [-0.3, -0.25) is 9.59 Å². The van der Waals surface area contributed by atoms with Gasteiger partial charge in [-0.15, -0.1) is 0 Å². The van der Waals surface area contributed by atoms with E-state index in [4.69, 9.17) is 4.74 Å². The number of carbonyl (C=O) groups excluding carboxylic acids is 1. The Labute approximate surface area is 130 Å². The second-order valence-corrected chi connectivity index (χ2v) is 5.40. The standard InChI is InChI=1S/C15H15BrN2O3/c1-9-6-14(19)10(7-17-9)15(20)18-13-5-3-4-12(16)11(13)8-21-2/h3-7H,8H2,1-2H3,(H,17,19)(H,18,20). The van der Waals surface area contributed by atoms with Crippen molar-refractivity contribution in [1.82, 2.24) is 4.98 Å². The zero-order valence-electron chi connectivity index (χ0n) is 11.7. The highest BCUT2D eigenvalue weighted by Gasteiger charge is 2.14. The summed E-state index contributed by atoms with van der Waals surface area (Å²) in [4.78, 5) is 26.9. The van der Waals surface area contributed by atoms with Crippen LogP contribution >= 0.6 is 15.9 Å². The molecule has 1 heterocycles. The molecule has 1 aromatic carbocycles. The molecule has 0 unspecified atom stereocenters. The molecule has 2 rings (SSSR count). The van der Waals surface area contributed by atoms with Gasteiger partial charge in [0.15, 0.2) is 5.43 Å². The summed E-state index contributed by atoms with van der Waals surface area (Å²) in [5.74, 6) is -0.452. The van der Waals surface area contributed by atoms with Gasteiger partial charge in [-0.1, -0.05) is 22.0 Å². The lowest BCUT2D eigenvalue weighted by Gasteiger charge is -2.12. The van der Waals surface area contributed by atoms with E-state index in [1.54, 1.807) is 26.2 Å². The summed E-state index contributed by atoms with van der Waals surface area (Å²) in [5.41, 5.74) is 1.89. The Kier molecular flexibility index (Phi) is 4.93. The number of H-pyrrole nitrogens is 1. The molecule has 0 aliphatic heterocycles. The first-order valence-electron chi connectivity index (χ1n) is 6.30. The van der Waals surface area contributed by atoms with Gasteiger partial charge in [0, 0.05) is 40.8 Å². The van der Waals surface area contributed by atoms with Gasteiger partial charge >= 0.3 is 0 Å². The number of hydrogen-bond acceptors (Lipinski definition) is 3. The van der Waals surface area contributed by atoms with Crippen LogP contribution in [0, 0.1) is 6.92 Å². The van der Waals surface area contributed by atoms with Crippen LogP contribution in [0.1, 0.15) is 21.6 Å². The number of methoxy groups -OCH3 is 1. The molecule has 5 nitrogen and oxygen atoms in total. The third-order valence-electron chi connectivity index (χ3n) is 2.96. The van der Waals surface area contributed by atoms with Crippen molar-refractivity contribution in [2.75, 3.05) is 12.4 Å². The van der Waals surface area contributed by atoms with E-state index in [0.29, 0.717) is 18.0 Å². The van der Waals surface area contributed by atoms with Crippen LogP contribution in [0.5, 0.6) is 0 Å². The van der Waals surface area contributed by atoms with E-state index in [1.165, 1.54) is 12.3 Å². The molecule has 1 amide bonds. The van der Waals surface area contributed by atoms with Crippen molar-refractivity contribution in [1.29, 1.82) is 0 Å². The Morgan fingerprint density at radius 1 is 1.43 bits per heavy atom. The number of aromatic nitrogens is 1. The van der Waals surface area contributed by atoms with Crippen molar-refractivity contribution in [2.24, 2.45) is 0 Å². The minimum atomic E-state index is -0.452. The third-order valence-corrected chi connectivity index (χ3v) is 3.70. The SMILES string of the molecule is COCc1c(Br)cccc1NC(=O)c1c[nH]c(C)cc1=O. The van der Waals surface area contributed by atoms with Gasteiger partial charge in [-0.2, -0.15) is 0 Å². The van der Waals surface area contributed by atoms with Crippen LogP contribution in [-0.2, 0) is 11.3 Å². The van der Waals surface area contributed by atoms with Crippen molar-refractivity contribution < 1.29 is 9.53 Å². The first kappa shape index (κ1) is 15.5. The molecule has 0 bridgehead atoms. The molecule has 0 fully saturated rings. The maximum atomic E-state index is 12.2. The molecule has 0 spiro atoms. The average molecular weight is 351 g/mol. The number of hydrogen-bond donors (Lipinski definition) is 2. The molecule has 0 saturated heterocycles. The van der Waals surface area contributed by atoms with Crippen LogP contribution in [0.15, 0.2) is 39.7 Å². The van der Waals surface area contributed by atoms with Crippen LogP contribution in [0.3, 0.4) is 0 Å². The minimum Gasteiger partial charge on any atom is -0.380 e. The summed E-state index contributed by atoms with van der Waals surface area (Å²) in [6.45, 7) is 2.11. The van der Waals surface area contributed by atoms with Crippen LogP contribution in [0.25, 0.3) is 0 Å². The number of rotatable bonds is 4. The zero-order valence-corrected chi connectivity index (χ0v) is 13.3. The summed E-state index contributed by atoms with van der Waals surface area (Å²) in [6, 6.07) is 6.83. The molecule has 0 radical (unpaired) electrons. The quantitative estimate of drug-likeness (QED) is 0.890. The van der Waals surface area contributed by atoms with Gasteiger partial charge in [-0.05, 0) is 19.1 Å². The largest absolute Gasteiger partial charge is 0.380 e. The van der Waals surface area contributed by atoms with Crippen molar-refractivity contribution in [3.05, 3.63) is 62.0 Å². The highest BCUT2D eigenvalue weighted by molar-refractivity contribution is 9.10. The first-order valence-corrected chi connectivity index (χ1v) is 7.09. The summed E-state index contributed by atoms with van der Waals surface area (Å²) in [6.07, 6.45) is 1.42. The van der Waals surface area contributed by atoms with Gasteiger partial charge in [0.05, 0.1) is 6.61 Å². The highest BCUT2D eigenvalue weighted by Crippen LogP contribution is 2.25. The second kappa shape index (κ2) is 6.69. The Bertz CT molecular complexity index is 725. The van der Waals surface area contributed by atoms with Crippen LogP contribution in [0.2, 0.25) is 0 Å². The predicted molar refractivity (Wildman–Crippen MR) is 84.6 cm³/mol. The number of anilines is 1. The molecule has 0 saturated carbocycles. The number of benzene rings is 1. The Morgan fingerprint density at radius 2 is 2.19 bits per heavy atom. The molecule has 2 N–H and O–H groups in total. The number of aryl methyl sites for hydroxylation is 1. The second-order valence-electron chi connectivity index (χ2n) is 4.55. The van der Waals surface area contributed by atoms with E-state index in [-0.39, 0.29) is 11.0 Å². The maximum Gasteiger partial charge on any atom is 0.261 e. The van der Waals surface area contributed by atoms with Gasteiger partial charge < -0.3 is 15.0 Å². The molecule has 0 aliphatic rings. The van der Waals surface area contributed by atoms with E-state index >= 15 is 0 Å². The minimum absolute atomic E-state index is 0.0731. The monoisotopic (exact) mass is 350 g/mol. The number of carbonyl (C=O) groups is 1. The van der Waals surface area contributed by atoms with Crippen molar-refractivity contribution in [3.8, 4) is 0 Å². The molecule has 21 heavy (non-hydrogen) atoms. The molecular formula is C15H15BrN2O3. The smallest absolute Gasteiger partial charge is 0.261 e. The number of aromatic amines is 1. The van der Waals surface area contributed by atoms with Crippen LogP contribution in [-0.4, -0.2) is 18.0 Å². The topological polar surface area (TPSA) is 71.2 Å². The average Bonchev–Trinajstić information content (AvgIpc) is 2.42. The van der Waals surface area contributed by atoms with Gasteiger partial charge in [0.1, 0.15) is 5.56 Å². The normalized spacial score (nSPS) is 10.4. The van der Waals surface area contributed by atoms with Crippen LogP contribution in [0.4, 0.5) is 5.69 Å². The van der Waals surface area contributed by atoms with Crippen molar-refractivity contribution >= 4 is 27.5 Å². The van der Waals surface area contributed by atoms with Crippen molar-refractivity contribution in [2.45, 2.75) is 13.5 Å². The third kappa shape index (κ3) is 3.59. The lowest BCUT2D eigenvalue weighted by molar-refractivity contribution is 0.102. The Balaban J connectivity index is 2.31. The van der Waals surface area contributed by atoms with Gasteiger partial charge in [-0.25, -0.2) is 0 Å². The zero-order chi connectivity index (χ0) is 15.4. The summed E-state index contributed by atoms with van der Waals surface area (Å²) >= 11 is 3.42. The summed E-state index contributed by atoms with van der Waals surface area (Å²) < 4.78 is 5.96. The Hall–Kier alpha value is -1.92. The van der Waals surface area contributed by atoms with Crippen LogP contribution < -0.4 is 10.7 Å². The van der Waals surface area contributed by atoms with E-state index in [9.17, 15) is 9.59 Å². The van der Waals surface area contributed by atoms with Gasteiger partial charge in [0.2, 0.25) is 0 Å². The number of halogens is 1. The molecular weight excluding hydrogens is 336 g/mol. The lowest BCUT2D eigenvalue weighted by atomic mass is 10.1. The highest BCUT2D eigenvalue weighted by atomic mass is 79.9. The number of ether oxygens (including phenoxy) is 1. The van der Waals surface area contributed by atoms with Crippen molar-refractivity contribution in [3.63, 3.8) is 0 Å². The van der Waals surface area contributed by atoms with Gasteiger partial charge in [0.25, 0.3) is 5.91 Å². The fourth-order valence-corrected chi connectivity index (χ4v) is 2.39. The molecule has 110 valence electrons. The predicted octanol–water partition coefficient (Wildman–Crippen LogP) is 2.84. The van der Waals surface area contributed by atoms with E-state index in [1.807, 2.05) is 6.07 Å². The number of nitrogens with one attached hydrogen (secondary N) is 2. The summed E-state index contributed by atoms with van der Waals surface area (Å²) in [7, 11) is 1.58. The number of pyridine rings is 1. The molecule has 1 aromatic heterocycles. The first-order chi connectivity index (χ1) is 10.0. The molecule has 0 atom stereocenters. The van der Waals surface area contributed by atoms with E-state index in [0.717, 1.165) is 10.0 Å². The van der Waals surface area contributed by atoms with E-state index in [2.05, 4.69) is 26.2 Å². The maximum absolute atomic E-state index is 12.2. The Morgan fingerprint density at radius 3 is 2.86 bits per heavy atom. The lowest BCUT2D eigenvalue weighted by Crippen LogP contribution is -2.22. The fraction of sp³-hybridized carbons (Fsp3) is 0.200. The number of amides is 1. The molecule has 6 heteroatoms. The molecule has 2 aromatic rings. The fourth-order valence-electron chi connectivity index (χ4n) is 1.91. The molecule has 0 aliphatic carbocycles. The summed E-state index contributed by atoms with van der Waals surface area (Å²) in [5, 5.41) is 2.74.